The Morgan fingerprint density at radius 1 is 1.20 bits per heavy atom. The number of hydrogen-bond acceptors (Lipinski definition) is 6. The van der Waals surface area contributed by atoms with E-state index in [1.54, 1.807) is 35.2 Å². The maximum atomic E-state index is 14.0. The van der Waals surface area contributed by atoms with Crippen LogP contribution in [0.15, 0.2) is 40.1 Å². The smallest absolute Gasteiger partial charge is 0.237 e. The Morgan fingerprint density at radius 2 is 1.97 bits per heavy atom. The van der Waals surface area contributed by atoms with Crippen molar-refractivity contribution in [2.45, 2.75) is 19.6 Å². The van der Waals surface area contributed by atoms with Crippen molar-refractivity contribution in [1.82, 2.24) is 9.88 Å². The van der Waals surface area contributed by atoms with E-state index in [2.05, 4.69) is 11.1 Å². The average Bonchev–Trinajstić information content (AvgIpc) is 3.33. The maximum absolute atomic E-state index is 14.0. The number of thioether (sulfide) groups is 1. The van der Waals surface area contributed by atoms with Crippen LogP contribution in [0, 0.1) is 19.7 Å². The molecule has 1 aliphatic rings. The van der Waals surface area contributed by atoms with Crippen molar-refractivity contribution in [1.29, 1.82) is 0 Å². The lowest BCUT2D eigenvalue weighted by molar-refractivity contribution is -0.128. The van der Waals surface area contributed by atoms with Crippen molar-refractivity contribution in [3.8, 4) is 10.8 Å². The molecule has 1 aromatic carbocycles. The number of amides is 1. The van der Waals surface area contributed by atoms with Crippen LogP contribution in [0.25, 0.3) is 10.8 Å². The molecule has 0 unspecified atom stereocenters. The fraction of sp³-hybridized carbons (Fsp3) is 0.364. The molecule has 158 valence electrons. The van der Waals surface area contributed by atoms with Crippen molar-refractivity contribution in [2.75, 3.05) is 36.8 Å². The van der Waals surface area contributed by atoms with Crippen LogP contribution in [0.3, 0.4) is 0 Å². The molecule has 3 aromatic rings. The molecule has 8 heteroatoms. The molecule has 0 bridgehead atoms. The van der Waals surface area contributed by atoms with Crippen molar-refractivity contribution in [3.63, 3.8) is 0 Å². The molecule has 0 saturated carbocycles. The molecule has 1 amide bonds. The molecule has 0 aliphatic carbocycles. The Bertz CT molecular complexity index is 1030. The van der Waals surface area contributed by atoms with E-state index >= 15 is 0 Å². The molecule has 30 heavy (non-hydrogen) atoms. The highest BCUT2D eigenvalue weighted by atomic mass is 32.2. The average molecular weight is 446 g/mol. The quantitative estimate of drug-likeness (QED) is 0.548. The first kappa shape index (κ1) is 20.9. The SMILES string of the molecule is Cc1ccsc1-c1nc(CSCC(=O)N2CCN(c3ccccc3F)CC2)c(C)o1. The largest absolute Gasteiger partial charge is 0.440 e. The van der Waals surface area contributed by atoms with Crippen LogP contribution in [0.2, 0.25) is 0 Å². The number of aromatic nitrogens is 1. The Balaban J connectivity index is 1.27. The predicted molar refractivity (Wildman–Crippen MR) is 121 cm³/mol. The molecule has 1 saturated heterocycles. The number of nitrogens with zero attached hydrogens (tertiary/aromatic N) is 3. The van der Waals surface area contributed by atoms with Gasteiger partial charge in [-0.05, 0) is 43.0 Å². The number of hydrogen-bond donors (Lipinski definition) is 0. The Labute approximate surface area is 183 Å². The lowest BCUT2D eigenvalue weighted by Crippen LogP contribution is -2.49. The number of thiophene rings is 1. The lowest BCUT2D eigenvalue weighted by Gasteiger charge is -2.36. The molecular weight excluding hydrogens is 421 g/mol. The van der Waals surface area contributed by atoms with Gasteiger partial charge in [-0.15, -0.1) is 23.1 Å². The van der Waals surface area contributed by atoms with Gasteiger partial charge in [-0.25, -0.2) is 9.37 Å². The van der Waals surface area contributed by atoms with Gasteiger partial charge in [-0.1, -0.05) is 12.1 Å². The Kier molecular flexibility index (Phi) is 6.43. The monoisotopic (exact) mass is 445 g/mol. The molecule has 1 fully saturated rings. The zero-order valence-electron chi connectivity index (χ0n) is 17.1. The molecule has 1 aliphatic heterocycles. The van der Waals surface area contributed by atoms with Crippen LogP contribution in [-0.4, -0.2) is 47.7 Å². The standard InChI is InChI=1S/C22H24FN3O2S2/c1-15-7-12-30-21(15)22-24-18(16(2)28-22)13-29-14-20(27)26-10-8-25(9-11-26)19-6-4-3-5-17(19)23/h3-7,12H,8-11,13-14H2,1-2H3. The maximum Gasteiger partial charge on any atom is 0.237 e. The number of carbonyl (C=O) groups is 1. The topological polar surface area (TPSA) is 49.6 Å². The normalized spacial score (nSPS) is 14.4. The van der Waals surface area contributed by atoms with E-state index in [0.29, 0.717) is 49.3 Å². The summed E-state index contributed by atoms with van der Waals surface area (Å²) in [5, 5.41) is 2.03. The van der Waals surface area contributed by atoms with Gasteiger partial charge in [-0.2, -0.15) is 0 Å². The van der Waals surface area contributed by atoms with Gasteiger partial charge in [0.05, 0.1) is 22.0 Å². The second-order valence-electron chi connectivity index (χ2n) is 7.27. The summed E-state index contributed by atoms with van der Waals surface area (Å²) in [6, 6.07) is 8.84. The van der Waals surface area contributed by atoms with Crippen molar-refractivity contribution >= 4 is 34.7 Å². The summed E-state index contributed by atoms with van der Waals surface area (Å²) in [7, 11) is 0. The van der Waals surface area contributed by atoms with Crippen molar-refractivity contribution in [3.05, 3.63) is 58.5 Å². The van der Waals surface area contributed by atoms with Gasteiger partial charge < -0.3 is 14.2 Å². The number of aryl methyl sites for hydroxylation is 2. The number of rotatable bonds is 6. The Morgan fingerprint density at radius 3 is 2.67 bits per heavy atom. The first-order valence-electron chi connectivity index (χ1n) is 9.88. The van der Waals surface area contributed by atoms with Gasteiger partial charge in [0.1, 0.15) is 11.6 Å². The van der Waals surface area contributed by atoms with Crippen molar-refractivity contribution in [2.24, 2.45) is 0 Å². The van der Waals surface area contributed by atoms with E-state index < -0.39 is 0 Å². The third-order valence-electron chi connectivity index (χ3n) is 5.24. The van der Waals surface area contributed by atoms with Crippen LogP contribution in [0.1, 0.15) is 17.0 Å². The third-order valence-corrected chi connectivity index (χ3v) is 7.17. The highest BCUT2D eigenvalue weighted by Gasteiger charge is 2.23. The summed E-state index contributed by atoms with van der Waals surface area (Å²) < 4.78 is 19.8. The molecule has 4 rings (SSSR count). The minimum Gasteiger partial charge on any atom is -0.440 e. The summed E-state index contributed by atoms with van der Waals surface area (Å²) in [5.41, 5.74) is 2.65. The van der Waals surface area contributed by atoms with E-state index in [9.17, 15) is 9.18 Å². The number of oxazole rings is 1. The fourth-order valence-electron chi connectivity index (χ4n) is 3.48. The summed E-state index contributed by atoms with van der Waals surface area (Å²) in [6.07, 6.45) is 0. The molecule has 0 radical (unpaired) electrons. The highest BCUT2D eigenvalue weighted by Crippen LogP contribution is 2.30. The molecular formula is C22H24FN3O2S2. The van der Waals surface area contributed by atoms with Gasteiger partial charge in [0.25, 0.3) is 0 Å². The number of piperazine rings is 1. The minimum atomic E-state index is -0.215. The molecule has 0 N–H and O–H groups in total. The molecule has 5 nitrogen and oxygen atoms in total. The van der Waals surface area contributed by atoms with Gasteiger partial charge in [-0.3, -0.25) is 4.79 Å². The number of anilines is 1. The molecule has 2 aromatic heterocycles. The van der Waals surface area contributed by atoms with E-state index in [4.69, 9.17) is 4.42 Å². The first-order chi connectivity index (χ1) is 14.5. The summed E-state index contributed by atoms with van der Waals surface area (Å²) >= 11 is 3.17. The van der Waals surface area contributed by atoms with E-state index in [1.165, 1.54) is 6.07 Å². The van der Waals surface area contributed by atoms with E-state index in [0.717, 1.165) is 21.9 Å². The van der Waals surface area contributed by atoms with Crippen LogP contribution < -0.4 is 4.90 Å². The fourth-order valence-corrected chi connectivity index (χ4v) is 5.25. The molecule has 3 heterocycles. The third kappa shape index (κ3) is 4.54. The zero-order valence-corrected chi connectivity index (χ0v) is 18.7. The number of benzene rings is 1. The van der Waals surface area contributed by atoms with Gasteiger partial charge in [0, 0.05) is 31.9 Å². The zero-order chi connectivity index (χ0) is 21.1. The van der Waals surface area contributed by atoms with Crippen LogP contribution >= 0.6 is 23.1 Å². The van der Waals surface area contributed by atoms with Gasteiger partial charge in [0.15, 0.2) is 0 Å². The second kappa shape index (κ2) is 9.22. The van der Waals surface area contributed by atoms with Crippen LogP contribution in [0.5, 0.6) is 0 Å². The first-order valence-corrected chi connectivity index (χ1v) is 11.9. The summed E-state index contributed by atoms with van der Waals surface area (Å²) in [5.74, 6) is 2.40. The van der Waals surface area contributed by atoms with Crippen molar-refractivity contribution < 1.29 is 13.6 Å². The van der Waals surface area contributed by atoms with E-state index in [-0.39, 0.29) is 11.7 Å². The van der Waals surface area contributed by atoms with Crippen LogP contribution in [-0.2, 0) is 10.5 Å². The summed E-state index contributed by atoms with van der Waals surface area (Å²) in [4.78, 5) is 22.1. The minimum absolute atomic E-state index is 0.114. The van der Waals surface area contributed by atoms with Crippen LogP contribution in [0.4, 0.5) is 10.1 Å². The Hall–Kier alpha value is -2.32. The highest BCUT2D eigenvalue weighted by molar-refractivity contribution is 7.99. The number of carbonyl (C=O) groups excluding carboxylic acids is 1. The van der Waals surface area contributed by atoms with Gasteiger partial charge in [0.2, 0.25) is 11.8 Å². The number of para-hydroxylation sites is 1. The van der Waals surface area contributed by atoms with E-state index in [1.807, 2.05) is 35.1 Å². The molecule has 0 atom stereocenters. The second-order valence-corrected chi connectivity index (χ2v) is 9.17. The summed E-state index contributed by atoms with van der Waals surface area (Å²) in [6.45, 7) is 6.47. The lowest BCUT2D eigenvalue weighted by atomic mass is 10.2. The molecule has 0 spiro atoms. The number of halogens is 1. The predicted octanol–water partition coefficient (Wildman–Crippen LogP) is 4.74. The van der Waals surface area contributed by atoms with Gasteiger partial charge >= 0.3 is 0 Å².